The molecular weight excluding hydrogens is 206 g/mol. The van der Waals surface area contributed by atoms with Gasteiger partial charge in [-0.1, -0.05) is 39.5 Å². The average molecular weight is 231 g/mol. The number of unbranched alkanes of at least 4 members (excludes halogenated alkanes) is 2. The lowest BCUT2D eigenvalue weighted by Gasteiger charge is -2.15. The minimum absolute atomic E-state index is 0.207. The van der Waals surface area contributed by atoms with Crippen LogP contribution in [0.3, 0.4) is 0 Å². The Labute approximate surface area is 95.3 Å². The van der Waals surface area contributed by atoms with E-state index in [-0.39, 0.29) is 6.09 Å². The first kappa shape index (κ1) is 14.5. The average Bonchev–Trinajstić information content (AvgIpc) is 2.22. The van der Waals surface area contributed by atoms with Crippen LogP contribution in [0.5, 0.6) is 0 Å². The lowest BCUT2D eigenvalue weighted by Crippen LogP contribution is -2.38. The van der Waals surface area contributed by atoms with Crippen LogP contribution in [-0.4, -0.2) is 21.7 Å². The highest BCUT2D eigenvalue weighted by atomic mass is 28.3. The summed E-state index contributed by atoms with van der Waals surface area (Å²) in [4.78, 5) is 14.3. The topological polar surface area (TPSA) is 38.3 Å². The van der Waals surface area contributed by atoms with Crippen molar-refractivity contribution in [2.45, 2.75) is 58.5 Å². The van der Waals surface area contributed by atoms with Crippen molar-refractivity contribution >= 4 is 15.1 Å². The van der Waals surface area contributed by atoms with Crippen molar-refractivity contribution in [2.75, 3.05) is 6.61 Å². The molecule has 90 valence electrons. The highest BCUT2D eigenvalue weighted by molar-refractivity contribution is 6.58. The number of rotatable bonds is 8. The maximum Gasteiger partial charge on any atom is 0.398 e. The Balaban J connectivity index is 3.82. The molecule has 0 aliphatic carbocycles. The van der Waals surface area contributed by atoms with Gasteiger partial charge in [-0.05, 0) is 19.0 Å². The van der Waals surface area contributed by atoms with E-state index in [1.165, 1.54) is 37.8 Å². The van der Waals surface area contributed by atoms with Crippen molar-refractivity contribution in [3.05, 3.63) is 0 Å². The first-order valence-electron chi connectivity index (χ1n) is 6.17. The summed E-state index contributed by atoms with van der Waals surface area (Å²) in [6.07, 6.45) is 4.67. The molecule has 1 N–H and O–H groups in total. The van der Waals surface area contributed by atoms with E-state index in [1.54, 1.807) is 0 Å². The lowest BCUT2D eigenvalue weighted by atomic mass is 10.4. The number of ether oxygens (including phenoxy) is 1. The van der Waals surface area contributed by atoms with Crippen molar-refractivity contribution in [1.29, 1.82) is 0 Å². The maximum atomic E-state index is 11.3. The Kier molecular flexibility index (Phi) is 9.68. The smallest absolute Gasteiger partial charge is 0.398 e. The van der Waals surface area contributed by atoms with Gasteiger partial charge in [0.05, 0.1) is 6.61 Å². The summed E-state index contributed by atoms with van der Waals surface area (Å²) in [6.45, 7) is 6.69. The molecule has 0 heterocycles. The number of carbonyl (C=O) groups excluding carboxylic acids is 1. The second-order valence-corrected chi connectivity index (χ2v) is 6.68. The quantitative estimate of drug-likeness (QED) is 0.652. The molecule has 0 aliphatic heterocycles. The van der Waals surface area contributed by atoms with Gasteiger partial charge in [-0.2, -0.15) is 0 Å². The van der Waals surface area contributed by atoms with Crippen LogP contribution in [-0.2, 0) is 4.74 Å². The van der Waals surface area contributed by atoms with Crippen LogP contribution in [0.2, 0.25) is 12.1 Å². The van der Waals surface area contributed by atoms with Crippen LogP contribution in [0.4, 0.5) is 4.79 Å². The number of carbonyl (C=O) groups is 1. The molecule has 3 nitrogen and oxygen atoms in total. The lowest BCUT2D eigenvalue weighted by molar-refractivity contribution is 0.158. The summed E-state index contributed by atoms with van der Waals surface area (Å²) in [5.74, 6) is 0. The van der Waals surface area contributed by atoms with E-state index < -0.39 is 8.96 Å². The predicted molar refractivity (Wildman–Crippen MR) is 66.7 cm³/mol. The van der Waals surface area contributed by atoms with Crippen molar-refractivity contribution in [1.82, 2.24) is 4.98 Å². The number of nitrogens with one attached hydrogen (secondary N) is 1. The standard InChI is InChI=1S/C11H25NO2Si/c1-4-7-9-15(10-8-5-2)12-11(13)14-6-3/h15H,4-10H2,1-3H3,(H,12,13). The molecule has 0 aromatic rings. The number of hydrogen-bond acceptors (Lipinski definition) is 2. The molecule has 0 saturated carbocycles. The molecular formula is C11H25NO2Si. The largest absolute Gasteiger partial charge is 0.450 e. The second kappa shape index (κ2) is 10.0. The molecule has 0 fully saturated rings. The van der Waals surface area contributed by atoms with Crippen molar-refractivity contribution in [3.8, 4) is 0 Å². The molecule has 0 rings (SSSR count). The summed E-state index contributed by atoms with van der Waals surface area (Å²) in [5.41, 5.74) is 0. The van der Waals surface area contributed by atoms with Crippen LogP contribution in [0, 0.1) is 0 Å². The normalized spacial score (nSPS) is 10.4. The van der Waals surface area contributed by atoms with Gasteiger partial charge in [-0.25, -0.2) is 4.79 Å². The van der Waals surface area contributed by atoms with Gasteiger partial charge in [0.2, 0.25) is 0 Å². The summed E-state index contributed by atoms with van der Waals surface area (Å²) in [5, 5.41) is 0. The van der Waals surface area contributed by atoms with Crippen LogP contribution in [0.1, 0.15) is 46.5 Å². The van der Waals surface area contributed by atoms with E-state index in [0.717, 1.165) is 0 Å². The van der Waals surface area contributed by atoms with Crippen molar-refractivity contribution in [3.63, 3.8) is 0 Å². The molecule has 4 heteroatoms. The Morgan fingerprint density at radius 1 is 1.13 bits per heavy atom. The maximum absolute atomic E-state index is 11.3. The van der Waals surface area contributed by atoms with Gasteiger partial charge in [0, 0.05) is 0 Å². The molecule has 0 saturated heterocycles. The van der Waals surface area contributed by atoms with Gasteiger partial charge in [0.25, 0.3) is 0 Å². The summed E-state index contributed by atoms with van der Waals surface area (Å²) >= 11 is 0. The first-order chi connectivity index (χ1) is 7.24. The monoisotopic (exact) mass is 231 g/mol. The fourth-order valence-corrected chi connectivity index (χ4v) is 4.33. The van der Waals surface area contributed by atoms with E-state index in [1.807, 2.05) is 6.92 Å². The molecule has 0 aromatic carbocycles. The fraction of sp³-hybridized carbons (Fsp3) is 0.909. The van der Waals surface area contributed by atoms with Gasteiger partial charge in [-0.15, -0.1) is 0 Å². The van der Waals surface area contributed by atoms with Gasteiger partial charge < -0.3 is 9.72 Å². The minimum Gasteiger partial charge on any atom is -0.450 e. The van der Waals surface area contributed by atoms with Crippen LogP contribution < -0.4 is 4.98 Å². The van der Waals surface area contributed by atoms with Crippen LogP contribution in [0.25, 0.3) is 0 Å². The highest BCUT2D eigenvalue weighted by Crippen LogP contribution is 2.07. The summed E-state index contributed by atoms with van der Waals surface area (Å²) in [6, 6.07) is 2.41. The van der Waals surface area contributed by atoms with Gasteiger partial charge >= 0.3 is 6.09 Å². The summed E-state index contributed by atoms with van der Waals surface area (Å²) in [7, 11) is -1.08. The zero-order valence-electron chi connectivity index (χ0n) is 10.3. The molecule has 0 radical (unpaired) electrons. The zero-order chi connectivity index (χ0) is 11.5. The Bertz CT molecular complexity index is 157. The molecule has 0 aromatic heterocycles. The third-order valence-corrected chi connectivity index (χ3v) is 5.26. The number of amides is 1. The molecule has 15 heavy (non-hydrogen) atoms. The van der Waals surface area contributed by atoms with E-state index in [4.69, 9.17) is 4.74 Å². The number of hydrogen-bond donors (Lipinski definition) is 1. The van der Waals surface area contributed by atoms with E-state index in [0.29, 0.717) is 6.61 Å². The van der Waals surface area contributed by atoms with Crippen molar-refractivity contribution in [2.24, 2.45) is 0 Å². The fourth-order valence-electron chi connectivity index (χ4n) is 1.53. The van der Waals surface area contributed by atoms with Crippen LogP contribution >= 0.6 is 0 Å². The molecule has 0 bridgehead atoms. The Morgan fingerprint density at radius 2 is 1.67 bits per heavy atom. The van der Waals surface area contributed by atoms with E-state index >= 15 is 0 Å². The van der Waals surface area contributed by atoms with Gasteiger partial charge in [0.1, 0.15) is 8.96 Å². The van der Waals surface area contributed by atoms with Gasteiger partial charge in [-0.3, -0.25) is 0 Å². The Morgan fingerprint density at radius 3 is 2.07 bits per heavy atom. The van der Waals surface area contributed by atoms with E-state index in [9.17, 15) is 4.79 Å². The first-order valence-corrected chi connectivity index (χ1v) is 8.38. The van der Waals surface area contributed by atoms with Crippen molar-refractivity contribution < 1.29 is 9.53 Å². The zero-order valence-corrected chi connectivity index (χ0v) is 11.5. The third-order valence-electron chi connectivity index (χ3n) is 2.41. The highest BCUT2D eigenvalue weighted by Gasteiger charge is 2.13. The molecule has 0 aliphatic rings. The van der Waals surface area contributed by atoms with Crippen LogP contribution in [0.15, 0.2) is 0 Å². The molecule has 1 amide bonds. The minimum atomic E-state index is -1.08. The SMILES string of the molecule is CCCC[SiH](CCCC)NC(=O)OCC. The third kappa shape index (κ3) is 8.48. The Hall–Kier alpha value is -0.513. The van der Waals surface area contributed by atoms with Gasteiger partial charge in [0.15, 0.2) is 0 Å². The summed E-state index contributed by atoms with van der Waals surface area (Å²) < 4.78 is 4.92. The second-order valence-electron chi connectivity index (χ2n) is 3.85. The molecule has 0 atom stereocenters. The predicted octanol–water partition coefficient (Wildman–Crippen LogP) is 3.06. The van der Waals surface area contributed by atoms with E-state index in [2.05, 4.69) is 18.8 Å². The molecule has 0 unspecified atom stereocenters. The molecule has 0 spiro atoms.